The first kappa shape index (κ1) is 17.4. The molecule has 0 aliphatic heterocycles. The number of alkyl halides is 6. The molecule has 18 heavy (non-hydrogen) atoms. The number of halogens is 6. The van der Waals surface area contributed by atoms with E-state index in [0.29, 0.717) is 0 Å². The monoisotopic (exact) mass is 325 g/mol. The third kappa shape index (κ3) is 3.04. The molecule has 0 unspecified atom stereocenters. The van der Waals surface area contributed by atoms with Gasteiger partial charge in [0.2, 0.25) is 0 Å². The topological polar surface area (TPSA) is 80.8 Å². The van der Waals surface area contributed by atoms with Gasteiger partial charge in [0.1, 0.15) is 0 Å². The van der Waals surface area contributed by atoms with E-state index in [1.165, 1.54) is 0 Å². The van der Waals surface area contributed by atoms with E-state index in [0.717, 1.165) is 6.92 Å². The van der Waals surface area contributed by atoms with Gasteiger partial charge in [-0.2, -0.15) is 43.2 Å². The van der Waals surface area contributed by atoms with Gasteiger partial charge < -0.3 is 0 Å². The van der Waals surface area contributed by atoms with Crippen molar-refractivity contribution in [1.29, 1.82) is 0 Å². The Morgan fingerprint density at radius 2 is 1.17 bits per heavy atom. The van der Waals surface area contributed by atoms with Gasteiger partial charge in [-0.05, 0) is 6.92 Å². The van der Waals surface area contributed by atoms with E-state index >= 15 is 0 Å². The summed E-state index contributed by atoms with van der Waals surface area (Å²) in [5.74, 6) is 0. The number of rotatable bonds is 4. The van der Waals surface area contributed by atoms with Crippen molar-refractivity contribution in [1.82, 2.24) is 3.87 Å². The van der Waals surface area contributed by atoms with Gasteiger partial charge in [0, 0.05) is 3.87 Å². The molecular formula is C4H5F6NO5S2. The summed E-state index contributed by atoms with van der Waals surface area (Å²) < 4.78 is 112. The van der Waals surface area contributed by atoms with Crippen LogP contribution in [0, 0.1) is 0 Å². The molecule has 0 saturated carbocycles. The Labute approximate surface area is 97.2 Å². The molecule has 0 spiro atoms. The Morgan fingerprint density at radius 1 is 0.889 bits per heavy atom. The largest absolute Gasteiger partial charge is 0.514 e. The molecule has 0 aromatic rings. The van der Waals surface area contributed by atoms with E-state index < -0.39 is 41.5 Å². The van der Waals surface area contributed by atoms with Crippen molar-refractivity contribution in [2.75, 3.05) is 6.61 Å². The number of sulfonamides is 2. The maximum Gasteiger partial charge on any atom is 0.514 e. The maximum atomic E-state index is 12.0. The highest BCUT2D eigenvalue weighted by Crippen LogP contribution is 2.35. The molecule has 0 aromatic heterocycles. The molecule has 0 aliphatic rings. The van der Waals surface area contributed by atoms with Crippen molar-refractivity contribution in [2.24, 2.45) is 0 Å². The summed E-state index contributed by atoms with van der Waals surface area (Å²) in [4.78, 5) is 3.44. The summed E-state index contributed by atoms with van der Waals surface area (Å²) in [5, 5.41) is 0. The molecule has 0 radical (unpaired) electrons. The van der Waals surface area contributed by atoms with Crippen molar-refractivity contribution < 1.29 is 48.0 Å². The SMILES string of the molecule is CCON(S(=O)(=O)C(F)(F)F)S(=O)(=O)C(F)(F)F. The fraction of sp³-hybridized carbons (Fsp3) is 1.00. The molecule has 0 N–H and O–H groups in total. The van der Waals surface area contributed by atoms with Crippen LogP contribution < -0.4 is 0 Å². The van der Waals surface area contributed by atoms with Crippen molar-refractivity contribution in [3.8, 4) is 0 Å². The van der Waals surface area contributed by atoms with Gasteiger partial charge in [-0.15, -0.1) is 0 Å². The smallest absolute Gasteiger partial charge is 0.270 e. The second-order valence-electron chi connectivity index (χ2n) is 2.48. The van der Waals surface area contributed by atoms with Gasteiger partial charge in [-0.25, -0.2) is 0 Å². The van der Waals surface area contributed by atoms with Crippen molar-refractivity contribution in [2.45, 2.75) is 17.9 Å². The summed E-state index contributed by atoms with van der Waals surface area (Å²) >= 11 is 0. The zero-order valence-corrected chi connectivity index (χ0v) is 9.91. The molecular weight excluding hydrogens is 320 g/mol. The first-order valence-electron chi connectivity index (χ1n) is 3.75. The summed E-state index contributed by atoms with van der Waals surface area (Å²) in [6, 6.07) is 0. The van der Waals surface area contributed by atoms with Crippen LogP contribution in [0.1, 0.15) is 6.92 Å². The molecule has 14 heteroatoms. The first-order valence-corrected chi connectivity index (χ1v) is 6.63. The normalized spacial score (nSPS) is 15.1. The predicted molar refractivity (Wildman–Crippen MR) is 43.4 cm³/mol. The van der Waals surface area contributed by atoms with Gasteiger partial charge in [0.05, 0.1) is 6.61 Å². The van der Waals surface area contributed by atoms with Gasteiger partial charge in [0.25, 0.3) is 0 Å². The second kappa shape index (κ2) is 4.82. The van der Waals surface area contributed by atoms with E-state index in [1.54, 1.807) is 0 Å². The number of nitrogens with zero attached hydrogens (tertiary/aromatic N) is 1. The van der Waals surface area contributed by atoms with Gasteiger partial charge >= 0.3 is 31.1 Å². The van der Waals surface area contributed by atoms with Gasteiger partial charge in [0.15, 0.2) is 0 Å². The highest BCUT2D eigenvalue weighted by molar-refractivity contribution is 8.04. The fourth-order valence-corrected chi connectivity index (χ4v) is 2.91. The van der Waals surface area contributed by atoms with Crippen LogP contribution >= 0.6 is 0 Å². The first-order chi connectivity index (χ1) is 7.69. The zero-order valence-electron chi connectivity index (χ0n) is 8.28. The lowest BCUT2D eigenvalue weighted by Gasteiger charge is -2.22. The quantitative estimate of drug-likeness (QED) is 0.568. The molecule has 0 rings (SSSR count). The van der Waals surface area contributed by atoms with Crippen LogP contribution in [-0.2, 0) is 24.9 Å². The molecule has 0 heterocycles. The highest BCUT2D eigenvalue weighted by Gasteiger charge is 2.62. The summed E-state index contributed by atoms with van der Waals surface area (Å²) in [6.07, 6.45) is 0. The van der Waals surface area contributed by atoms with Crippen molar-refractivity contribution >= 4 is 20.0 Å². The Kier molecular flexibility index (Phi) is 4.66. The van der Waals surface area contributed by atoms with E-state index in [4.69, 9.17) is 0 Å². The van der Waals surface area contributed by atoms with Crippen molar-refractivity contribution in [3.05, 3.63) is 0 Å². The van der Waals surface area contributed by atoms with E-state index in [1.807, 2.05) is 0 Å². The molecule has 110 valence electrons. The third-order valence-corrected chi connectivity index (χ3v) is 4.56. The molecule has 0 atom stereocenters. The Bertz CT molecular complexity index is 445. The Hall–Kier alpha value is -0.600. The van der Waals surface area contributed by atoms with Crippen LogP contribution in [0.5, 0.6) is 0 Å². The standard InChI is InChI=1S/C4H5F6NO5S2/c1-2-16-11(17(12,13)3(5,6)7)18(14,15)4(8,9)10/h2H2,1H3. The van der Waals surface area contributed by atoms with Crippen LogP contribution in [0.2, 0.25) is 0 Å². The maximum absolute atomic E-state index is 12.0. The number of hydrogen-bond donors (Lipinski definition) is 0. The summed E-state index contributed by atoms with van der Waals surface area (Å²) in [6.45, 7) is -0.255. The van der Waals surface area contributed by atoms with Gasteiger partial charge in [-0.1, -0.05) is 0 Å². The second-order valence-corrected chi connectivity index (χ2v) is 6.20. The molecule has 6 nitrogen and oxygen atoms in total. The molecule has 0 aliphatic carbocycles. The number of hydrogen-bond acceptors (Lipinski definition) is 5. The van der Waals surface area contributed by atoms with Crippen LogP contribution in [-0.4, -0.2) is 38.3 Å². The Morgan fingerprint density at radius 3 is 1.33 bits per heavy atom. The zero-order chi connectivity index (χ0) is 15.0. The van der Waals surface area contributed by atoms with E-state index in [2.05, 4.69) is 4.84 Å². The minimum Gasteiger partial charge on any atom is -0.270 e. The Balaban J connectivity index is 5.95. The van der Waals surface area contributed by atoms with E-state index in [9.17, 15) is 43.2 Å². The lowest BCUT2D eigenvalue weighted by Crippen LogP contribution is -2.49. The predicted octanol–water partition coefficient (Wildman–Crippen LogP) is 0.939. The van der Waals surface area contributed by atoms with Crippen LogP contribution in [0.4, 0.5) is 26.3 Å². The average molecular weight is 325 g/mol. The minimum atomic E-state index is -6.84. The van der Waals surface area contributed by atoms with E-state index in [-0.39, 0.29) is 0 Å². The lowest BCUT2D eigenvalue weighted by molar-refractivity contribution is -0.0894. The fourth-order valence-electron chi connectivity index (χ4n) is 0.542. The summed E-state index contributed by atoms with van der Waals surface area (Å²) in [7, 11) is -13.7. The average Bonchev–Trinajstić information content (AvgIpc) is 2.09. The van der Waals surface area contributed by atoms with Gasteiger partial charge in [-0.3, -0.25) is 4.84 Å². The molecule has 0 bridgehead atoms. The molecule has 0 amide bonds. The highest BCUT2D eigenvalue weighted by atomic mass is 32.3. The van der Waals surface area contributed by atoms with Crippen molar-refractivity contribution in [3.63, 3.8) is 0 Å². The summed E-state index contributed by atoms with van der Waals surface area (Å²) in [5.41, 5.74) is -12.5. The third-order valence-electron chi connectivity index (χ3n) is 1.21. The molecule has 0 saturated heterocycles. The minimum absolute atomic E-state index is 0.796. The van der Waals surface area contributed by atoms with Crippen LogP contribution in [0.15, 0.2) is 0 Å². The molecule has 0 aromatic carbocycles. The van der Waals surface area contributed by atoms with Crippen LogP contribution in [0.25, 0.3) is 0 Å². The molecule has 0 fully saturated rings. The van der Waals surface area contributed by atoms with Crippen LogP contribution in [0.3, 0.4) is 0 Å². The lowest BCUT2D eigenvalue weighted by atomic mass is 10.9.